The van der Waals surface area contributed by atoms with Crippen molar-refractivity contribution >= 4 is 41.2 Å². The zero-order chi connectivity index (χ0) is 23.7. The second-order valence-electron chi connectivity index (χ2n) is 7.56. The van der Waals surface area contributed by atoms with Crippen molar-refractivity contribution < 1.29 is 19.2 Å². The van der Waals surface area contributed by atoms with E-state index in [1.165, 1.54) is 25.4 Å². The molecule has 0 bridgehead atoms. The molecular weight excluding hydrogens is 422 g/mol. The molecule has 9 nitrogen and oxygen atoms in total. The topological polar surface area (TPSA) is 113 Å². The number of aryl methyl sites for hydroxylation is 1. The third-order valence-corrected chi connectivity index (χ3v) is 5.22. The molecule has 1 aliphatic heterocycles. The molecule has 1 saturated heterocycles. The van der Waals surface area contributed by atoms with Crippen molar-refractivity contribution in [1.29, 1.82) is 0 Å². The van der Waals surface area contributed by atoms with E-state index in [-0.39, 0.29) is 17.2 Å². The molecule has 0 atom stereocenters. The number of aromatic nitrogens is 2. The van der Waals surface area contributed by atoms with Gasteiger partial charge in [0.1, 0.15) is 5.57 Å². The maximum absolute atomic E-state index is 13.1. The van der Waals surface area contributed by atoms with Crippen LogP contribution in [-0.2, 0) is 14.4 Å². The number of carbonyl (C=O) groups excluding carboxylic acids is 4. The summed E-state index contributed by atoms with van der Waals surface area (Å²) >= 11 is 0. The highest BCUT2D eigenvalue weighted by Gasteiger charge is 2.37. The predicted octanol–water partition coefficient (Wildman–Crippen LogP) is 3.11. The standard InChI is InChI=1S/C24H21N5O4/c1-14-11-17(15(2)28(14)19-8-6-18(7-9-19)26-16(3)30)12-21-22(31)27-24(33)29(23(21)32)20-5-4-10-25-13-20/h4-13H,1-3H3,(H,26,30)(H,27,31,33)/b21-12+. The summed E-state index contributed by atoms with van der Waals surface area (Å²) in [6.45, 7) is 5.22. The summed E-state index contributed by atoms with van der Waals surface area (Å²) in [5.74, 6) is -1.63. The summed E-state index contributed by atoms with van der Waals surface area (Å²) < 4.78 is 1.97. The number of benzene rings is 1. The van der Waals surface area contributed by atoms with E-state index in [1.54, 1.807) is 24.3 Å². The summed E-state index contributed by atoms with van der Waals surface area (Å²) in [7, 11) is 0. The average molecular weight is 443 g/mol. The molecule has 2 N–H and O–H groups in total. The first-order valence-corrected chi connectivity index (χ1v) is 10.1. The number of carbonyl (C=O) groups is 4. The van der Waals surface area contributed by atoms with Crippen molar-refractivity contribution in [3.8, 4) is 5.69 Å². The van der Waals surface area contributed by atoms with Gasteiger partial charge in [-0.15, -0.1) is 0 Å². The van der Waals surface area contributed by atoms with E-state index in [0.29, 0.717) is 11.3 Å². The summed E-state index contributed by atoms with van der Waals surface area (Å²) in [4.78, 5) is 53.9. The average Bonchev–Trinajstić information content (AvgIpc) is 3.05. The lowest BCUT2D eigenvalue weighted by molar-refractivity contribution is -0.122. The first-order valence-electron chi connectivity index (χ1n) is 10.1. The zero-order valence-corrected chi connectivity index (χ0v) is 18.2. The number of urea groups is 1. The maximum atomic E-state index is 13.1. The number of pyridine rings is 1. The van der Waals surface area contributed by atoms with E-state index in [2.05, 4.69) is 15.6 Å². The molecule has 0 unspecified atom stereocenters. The Balaban J connectivity index is 1.70. The van der Waals surface area contributed by atoms with E-state index < -0.39 is 17.8 Å². The Morgan fingerprint density at radius 2 is 1.79 bits per heavy atom. The molecule has 0 aliphatic carbocycles. The normalized spacial score (nSPS) is 15.1. The predicted molar refractivity (Wildman–Crippen MR) is 123 cm³/mol. The number of nitrogens with one attached hydrogen (secondary N) is 2. The number of anilines is 2. The van der Waals surface area contributed by atoms with Gasteiger partial charge < -0.3 is 9.88 Å². The van der Waals surface area contributed by atoms with Crippen molar-refractivity contribution in [3.63, 3.8) is 0 Å². The van der Waals surface area contributed by atoms with Gasteiger partial charge in [-0.05, 0) is 68.0 Å². The molecule has 0 spiro atoms. The van der Waals surface area contributed by atoms with Crippen LogP contribution in [0.15, 0.2) is 60.4 Å². The van der Waals surface area contributed by atoms with E-state index in [0.717, 1.165) is 22.0 Å². The van der Waals surface area contributed by atoms with Crippen LogP contribution in [-0.4, -0.2) is 33.3 Å². The minimum Gasteiger partial charge on any atom is -0.326 e. The summed E-state index contributed by atoms with van der Waals surface area (Å²) in [6.07, 6.45) is 4.38. The molecule has 33 heavy (non-hydrogen) atoms. The SMILES string of the molecule is CC(=O)Nc1ccc(-n2c(C)cc(/C=C3\C(=O)NC(=O)N(c4cccnc4)C3=O)c2C)cc1. The van der Waals surface area contributed by atoms with E-state index in [9.17, 15) is 19.2 Å². The highest BCUT2D eigenvalue weighted by molar-refractivity contribution is 6.39. The Labute approximate surface area is 189 Å². The van der Waals surface area contributed by atoms with E-state index in [1.807, 2.05) is 36.6 Å². The first kappa shape index (κ1) is 21.7. The maximum Gasteiger partial charge on any atom is 0.336 e. The van der Waals surface area contributed by atoms with Gasteiger partial charge in [0, 0.05) is 35.9 Å². The Morgan fingerprint density at radius 3 is 2.42 bits per heavy atom. The van der Waals surface area contributed by atoms with Crippen LogP contribution in [0.3, 0.4) is 0 Å². The van der Waals surface area contributed by atoms with Gasteiger partial charge in [-0.3, -0.25) is 24.7 Å². The molecule has 3 heterocycles. The molecule has 1 fully saturated rings. The fraction of sp³-hybridized carbons (Fsp3) is 0.125. The molecule has 3 aromatic rings. The lowest BCUT2D eigenvalue weighted by Crippen LogP contribution is -2.54. The minimum absolute atomic E-state index is 0.153. The van der Waals surface area contributed by atoms with Gasteiger partial charge in [-0.25, -0.2) is 9.69 Å². The molecule has 0 saturated carbocycles. The summed E-state index contributed by atoms with van der Waals surface area (Å²) in [5.41, 5.74) is 4.00. The number of amides is 5. The van der Waals surface area contributed by atoms with Crippen molar-refractivity contribution in [2.24, 2.45) is 0 Å². The molecule has 0 radical (unpaired) electrons. The fourth-order valence-corrected chi connectivity index (χ4v) is 3.76. The second-order valence-corrected chi connectivity index (χ2v) is 7.56. The Hall–Kier alpha value is -4.53. The molecule has 2 aromatic heterocycles. The van der Waals surface area contributed by atoms with Crippen LogP contribution < -0.4 is 15.5 Å². The number of nitrogens with zero attached hydrogens (tertiary/aromatic N) is 3. The molecule has 166 valence electrons. The summed E-state index contributed by atoms with van der Waals surface area (Å²) in [6, 6.07) is 11.5. The van der Waals surface area contributed by atoms with Crippen LogP contribution in [0.1, 0.15) is 23.9 Å². The minimum atomic E-state index is -0.820. The van der Waals surface area contributed by atoms with Gasteiger partial charge in [-0.2, -0.15) is 0 Å². The first-order chi connectivity index (χ1) is 15.8. The van der Waals surface area contributed by atoms with Crippen LogP contribution >= 0.6 is 0 Å². The fourth-order valence-electron chi connectivity index (χ4n) is 3.76. The lowest BCUT2D eigenvalue weighted by atomic mass is 10.1. The van der Waals surface area contributed by atoms with Crippen LogP contribution in [0.5, 0.6) is 0 Å². The van der Waals surface area contributed by atoms with Gasteiger partial charge >= 0.3 is 6.03 Å². The third-order valence-electron chi connectivity index (χ3n) is 5.22. The molecule has 5 amide bonds. The van der Waals surface area contributed by atoms with Crippen LogP contribution in [0, 0.1) is 13.8 Å². The van der Waals surface area contributed by atoms with Crippen molar-refractivity contribution in [2.45, 2.75) is 20.8 Å². The zero-order valence-electron chi connectivity index (χ0n) is 18.2. The van der Waals surface area contributed by atoms with Gasteiger partial charge in [0.25, 0.3) is 11.8 Å². The lowest BCUT2D eigenvalue weighted by Gasteiger charge is -2.26. The van der Waals surface area contributed by atoms with Gasteiger partial charge in [0.2, 0.25) is 5.91 Å². The highest BCUT2D eigenvalue weighted by Crippen LogP contribution is 2.26. The highest BCUT2D eigenvalue weighted by atomic mass is 16.2. The number of imide groups is 2. The summed E-state index contributed by atoms with van der Waals surface area (Å²) in [5, 5.41) is 4.94. The largest absolute Gasteiger partial charge is 0.336 e. The van der Waals surface area contributed by atoms with Gasteiger partial charge in [0.15, 0.2) is 0 Å². The number of barbiturate groups is 1. The molecule has 4 rings (SSSR count). The third kappa shape index (κ3) is 4.16. The van der Waals surface area contributed by atoms with E-state index in [4.69, 9.17) is 0 Å². The smallest absolute Gasteiger partial charge is 0.326 e. The monoisotopic (exact) mass is 443 g/mol. The number of rotatable bonds is 4. The molecule has 1 aromatic carbocycles. The van der Waals surface area contributed by atoms with Crippen LogP contribution in [0.2, 0.25) is 0 Å². The molecular formula is C24H21N5O4. The van der Waals surface area contributed by atoms with Gasteiger partial charge in [-0.1, -0.05) is 0 Å². The van der Waals surface area contributed by atoms with Gasteiger partial charge in [0.05, 0.1) is 11.9 Å². The van der Waals surface area contributed by atoms with Crippen LogP contribution in [0.4, 0.5) is 16.2 Å². The van der Waals surface area contributed by atoms with E-state index >= 15 is 0 Å². The Kier molecular flexibility index (Phi) is 5.61. The van der Waals surface area contributed by atoms with Crippen molar-refractivity contribution in [3.05, 3.63) is 77.4 Å². The van der Waals surface area contributed by atoms with Crippen molar-refractivity contribution in [2.75, 3.05) is 10.2 Å². The number of hydrogen-bond acceptors (Lipinski definition) is 5. The Bertz CT molecular complexity index is 1310. The quantitative estimate of drug-likeness (QED) is 0.475. The Morgan fingerprint density at radius 1 is 1.06 bits per heavy atom. The van der Waals surface area contributed by atoms with Crippen molar-refractivity contribution in [1.82, 2.24) is 14.9 Å². The molecule has 9 heteroatoms. The number of hydrogen-bond donors (Lipinski definition) is 2. The molecule has 1 aliphatic rings. The second kappa shape index (κ2) is 8.54. The van der Waals surface area contributed by atoms with Crippen LogP contribution in [0.25, 0.3) is 11.8 Å².